The second-order valence-electron chi connectivity index (χ2n) is 6.11. The van der Waals surface area contributed by atoms with Crippen LogP contribution in [0.2, 0.25) is 0 Å². The molecule has 1 aliphatic heterocycles. The molecule has 1 aromatic rings. The molecule has 1 aliphatic rings. The average Bonchev–Trinajstić information content (AvgIpc) is 2.65. The minimum Gasteiger partial charge on any atom is -0.451 e. The molecule has 1 heterocycles. The smallest absolute Gasteiger partial charge is 0.355 e. The predicted octanol–water partition coefficient (Wildman–Crippen LogP) is 0.398. The first-order valence-corrected chi connectivity index (χ1v) is 8.61. The van der Waals surface area contributed by atoms with Gasteiger partial charge in [-0.05, 0) is 11.6 Å². The first-order valence-electron chi connectivity index (χ1n) is 8.61. The van der Waals surface area contributed by atoms with Crippen LogP contribution in [0.1, 0.15) is 19.4 Å². The molecular weight excluding hydrogens is 350 g/mol. The fraction of sp³-hybridized carbons (Fsp3) is 0.368. The molecule has 0 spiro atoms. The number of hydrogen-bond donors (Lipinski definition) is 1. The zero-order valence-corrected chi connectivity index (χ0v) is 15.4. The van der Waals surface area contributed by atoms with Crippen molar-refractivity contribution in [3.05, 3.63) is 41.6 Å². The third kappa shape index (κ3) is 6.25. The highest BCUT2D eigenvalue weighted by Crippen LogP contribution is 2.07. The molecule has 0 radical (unpaired) electrons. The second-order valence-corrected chi connectivity index (χ2v) is 6.11. The van der Waals surface area contributed by atoms with Crippen LogP contribution in [0.4, 0.5) is 0 Å². The summed E-state index contributed by atoms with van der Waals surface area (Å²) >= 11 is 0. The number of hydrogen-bond acceptors (Lipinski definition) is 5. The van der Waals surface area contributed by atoms with Crippen LogP contribution < -0.4 is 5.32 Å². The highest BCUT2D eigenvalue weighted by Gasteiger charge is 2.23. The SMILES string of the molecule is CC(=O)NC(=Cc1ccccc1)C(=O)OCC(=O)N1CCN(C(C)=O)CC1. The third-order valence-electron chi connectivity index (χ3n) is 4.05. The molecule has 3 amide bonds. The summed E-state index contributed by atoms with van der Waals surface area (Å²) < 4.78 is 5.07. The molecule has 1 saturated heterocycles. The van der Waals surface area contributed by atoms with E-state index in [1.54, 1.807) is 34.1 Å². The molecule has 0 aromatic heterocycles. The van der Waals surface area contributed by atoms with Crippen molar-refractivity contribution in [3.8, 4) is 0 Å². The Hall–Kier alpha value is -3.16. The van der Waals surface area contributed by atoms with E-state index in [0.29, 0.717) is 31.7 Å². The Morgan fingerprint density at radius 3 is 2.15 bits per heavy atom. The van der Waals surface area contributed by atoms with E-state index < -0.39 is 18.5 Å². The zero-order chi connectivity index (χ0) is 19.8. The van der Waals surface area contributed by atoms with E-state index in [0.717, 1.165) is 0 Å². The fourth-order valence-corrected chi connectivity index (χ4v) is 2.62. The maximum atomic E-state index is 12.3. The molecule has 1 fully saturated rings. The number of esters is 1. The summed E-state index contributed by atoms with van der Waals surface area (Å²) in [6.45, 7) is 4.06. The van der Waals surface area contributed by atoms with E-state index in [9.17, 15) is 19.2 Å². The van der Waals surface area contributed by atoms with Gasteiger partial charge in [0.15, 0.2) is 6.61 Å². The van der Waals surface area contributed by atoms with Crippen LogP contribution in [-0.2, 0) is 23.9 Å². The van der Waals surface area contributed by atoms with E-state index in [2.05, 4.69) is 5.32 Å². The van der Waals surface area contributed by atoms with Crippen molar-refractivity contribution in [1.29, 1.82) is 0 Å². The quantitative estimate of drug-likeness (QED) is 0.595. The molecule has 27 heavy (non-hydrogen) atoms. The number of carbonyl (C=O) groups excluding carboxylic acids is 4. The Bertz CT molecular complexity index is 737. The summed E-state index contributed by atoms with van der Waals surface area (Å²) in [5, 5.41) is 2.43. The van der Waals surface area contributed by atoms with Crippen LogP contribution in [0.5, 0.6) is 0 Å². The van der Waals surface area contributed by atoms with E-state index in [1.165, 1.54) is 19.9 Å². The van der Waals surface area contributed by atoms with Gasteiger partial charge in [-0.3, -0.25) is 14.4 Å². The lowest BCUT2D eigenvalue weighted by atomic mass is 10.2. The number of nitrogens with zero attached hydrogens (tertiary/aromatic N) is 2. The van der Waals surface area contributed by atoms with Crippen molar-refractivity contribution in [3.63, 3.8) is 0 Å². The monoisotopic (exact) mass is 373 g/mol. The number of amides is 3. The third-order valence-corrected chi connectivity index (χ3v) is 4.05. The van der Waals surface area contributed by atoms with E-state index in [-0.39, 0.29) is 17.5 Å². The molecule has 0 bridgehead atoms. The number of piperazine rings is 1. The number of nitrogens with one attached hydrogen (secondary N) is 1. The van der Waals surface area contributed by atoms with Crippen molar-refractivity contribution in [2.75, 3.05) is 32.8 Å². The van der Waals surface area contributed by atoms with Gasteiger partial charge in [-0.2, -0.15) is 0 Å². The van der Waals surface area contributed by atoms with Crippen LogP contribution in [0.25, 0.3) is 6.08 Å². The zero-order valence-electron chi connectivity index (χ0n) is 15.4. The van der Waals surface area contributed by atoms with Crippen LogP contribution in [0.15, 0.2) is 36.0 Å². The topological polar surface area (TPSA) is 96.0 Å². The first-order chi connectivity index (χ1) is 12.9. The van der Waals surface area contributed by atoms with Gasteiger partial charge in [-0.1, -0.05) is 30.3 Å². The number of rotatable bonds is 5. The van der Waals surface area contributed by atoms with Gasteiger partial charge in [0, 0.05) is 40.0 Å². The Morgan fingerprint density at radius 2 is 1.59 bits per heavy atom. The minimum atomic E-state index is -0.787. The predicted molar refractivity (Wildman–Crippen MR) is 98.0 cm³/mol. The summed E-state index contributed by atoms with van der Waals surface area (Å²) in [6.07, 6.45) is 1.49. The van der Waals surface area contributed by atoms with Crippen LogP contribution in [0, 0.1) is 0 Å². The van der Waals surface area contributed by atoms with Gasteiger partial charge < -0.3 is 19.9 Å². The average molecular weight is 373 g/mol. The molecule has 0 atom stereocenters. The van der Waals surface area contributed by atoms with Gasteiger partial charge in [-0.15, -0.1) is 0 Å². The van der Waals surface area contributed by atoms with Gasteiger partial charge in [0.25, 0.3) is 5.91 Å². The fourth-order valence-electron chi connectivity index (χ4n) is 2.62. The van der Waals surface area contributed by atoms with Crippen molar-refractivity contribution in [2.24, 2.45) is 0 Å². The highest BCUT2D eigenvalue weighted by atomic mass is 16.5. The summed E-state index contributed by atoms with van der Waals surface area (Å²) in [5.41, 5.74) is 0.674. The van der Waals surface area contributed by atoms with Crippen molar-refractivity contribution in [1.82, 2.24) is 15.1 Å². The summed E-state index contributed by atoms with van der Waals surface area (Å²) in [5.74, 6) is -1.57. The molecular formula is C19H23N3O5. The second kappa shape index (κ2) is 9.51. The van der Waals surface area contributed by atoms with Crippen LogP contribution in [-0.4, -0.2) is 66.3 Å². The van der Waals surface area contributed by atoms with Gasteiger partial charge in [-0.25, -0.2) is 4.79 Å². The van der Waals surface area contributed by atoms with Crippen LogP contribution in [0.3, 0.4) is 0 Å². The summed E-state index contributed by atoms with van der Waals surface area (Å²) in [4.78, 5) is 50.4. The lowest BCUT2D eigenvalue weighted by Crippen LogP contribution is -2.51. The van der Waals surface area contributed by atoms with Crippen molar-refractivity contribution >= 4 is 29.8 Å². The van der Waals surface area contributed by atoms with E-state index in [4.69, 9.17) is 4.74 Å². The Morgan fingerprint density at radius 1 is 1.00 bits per heavy atom. The van der Waals surface area contributed by atoms with Crippen molar-refractivity contribution < 1.29 is 23.9 Å². The van der Waals surface area contributed by atoms with E-state index >= 15 is 0 Å². The van der Waals surface area contributed by atoms with Gasteiger partial charge >= 0.3 is 5.97 Å². The van der Waals surface area contributed by atoms with Gasteiger partial charge in [0.05, 0.1) is 0 Å². The molecule has 0 saturated carbocycles. The maximum Gasteiger partial charge on any atom is 0.355 e. The Kier molecular flexibility index (Phi) is 7.10. The van der Waals surface area contributed by atoms with E-state index in [1.807, 2.05) is 6.07 Å². The number of carbonyl (C=O) groups is 4. The van der Waals surface area contributed by atoms with Crippen LogP contribution >= 0.6 is 0 Å². The standard InChI is InChI=1S/C19H23N3O5/c1-14(23)20-17(12-16-6-4-3-5-7-16)19(26)27-13-18(25)22-10-8-21(9-11-22)15(2)24/h3-7,12H,8-11,13H2,1-2H3,(H,20,23). The molecule has 0 aliphatic carbocycles. The molecule has 8 nitrogen and oxygen atoms in total. The first kappa shape index (κ1) is 20.2. The molecule has 2 rings (SSSR count). The van der Waals surface area contributed by atoms with Gasteiger partial charge in [0.1, 0.15) is 5.70 Å². The number of benzene rings is 1. The summed E-state index contributed by atoms with van der Waals surface area (Å²) in [7, 11) is 0. The lowest BCUT2D eigenvalue weighted by molar-refractivity contribution is -0.150. The minimum absolute atomic E-state index is 0.0282. The molecule has 0 unspecified atom stereocenters. The van der Waals surface area contributed by atoms with Crippen molar-refractivity contribution in [2.45, 2.75) is 13.8 Å². The lowest BCUT2D eigenvalue weighted by Gasteiger charge is -2.34. The molecule has 144 valence electrons. The molecule has 1 aromatic carbocycles. The highest BCUT2D eigenvalue weighted by molar-refractivity contribution is 5.98. The largest absolute Gasteiger partial charge is 0.451 e. The molecule has 1 N–H and O–H groups in total. The maximum absolute atomic E-state index is 12.3. The summed E-state index contributed by atoms with van der Waals surface area (Å²) in [6, 6.07) is 8.97. The Balaban J connectivity index is 1.93. The normalized spacial score (nSPS) is 14.5. The number of ether oxygens (including phenoxy) is 1. The molecule has 8 heteroatoms. The Labute approximate surface area is 157 Å². The van der Waals surface area contributed by atoms with Gasteiger partial charge in [0.2, 0.25) is 11.8 Å².